The molecule has 3 rings (SSSR count). The van der Waals surface area contributed by atoms with Crippen LogP contribution >= 0.6 is 0 Å². The zero-order valence-electron chi connectivity index (χ0n) is 13.1. The van der Waals surface area contributed by atoms with Gasteiger partial charge < -0.3 is 5.73 Å². The van der Waals surface area contributed by atoms with Gasteiger partial charge in [-0.15, -0.1) is 0 Å². The third-order valence-corrected chi connectivity index (χ3v) is 4.80. The second-order valence-corrected chi connectivity index (χ2v) is 5.82. The van der Waals surface area contributed by atoms with E-state index in [0.29, 0.717) is 5.56 Å². The fraction of sp³-hybridized carbons (Fsp3) is 0.176. The van der Waals surface area contributed by atoms with Crippen molar-refractivity contribution in [2.45, 2.75) is 5.92 Å². The third kappa shape index (κ3) is 1.73. The molecule has 9 heteroatoms. The van der Waals surface area contributed by atoms with Crippen LogP contribution in [0.3, 0.4) is 0 Å². The number of urea groups is 1. The van der Waals surface area contributed by atoms with E-state index in [1.165, 1.54) is 0 Å². The first-order chi connectivity index (χ1) is 12.4. The minimum Gasteiger partial charge on any atom is -0.399 e. The van der Waals surface area contributed by atoms with Gasteiger partial charge in [-0.2, -0.15) is 15.8 Å². The first-order valence-corrected chi connectivity index (χ1v) is 7.35. The molecule has 126 valence electrons. The number of allylic oxidation sites excluding steroid dienone is 2. The number of nitrogens with one attached hydrogen (secondary N) is 2. The molecular formula is C17H10N6O3. The number of amides is 4. The highest BCUT2D eigenvalue weighted by molar-refractivity contribution is 6.24. The summed E-state index contributed by atoms with van der Waals surface area (Å²) in [6.07, 6.45) is 0. The lowest BCUT2D eigenvalue weighted by Gasteiger charge is -2.23. The summed E-state index contributed by atoms with van der Waals surface area (Å²) in [5.41, 5.74) is 1.32. The predicted molar refractivity (Wildman–Crippen MR) is 83.8 cm³/mol. The van der Waals surface area contributed by atoms with E-state index in [2.05, 4.69) is 0 Å². The molecular weight excluding hydrogens is 336 g/mol. The summed E-state index contributed by atoms with van der Waals surface area (Å²) in [4.78, 5) is 36.8. The Kier molecular flexibility index (Phi) is 3.49. The Morgan fingerprint density at radius 1 is 1.00 bits per heavy atom. The van der Waals surface area contributed by atoms with E-state index < -0.39 is 45.9 Å². The van der Waals surface area contributed by atoms with Crippen LogP contribution in [0.25, 0.3) is 0 Å². The second-order valence-electron chi connectivity index (χ2n) is 5.82. The highest BCUT2D eigenvalue weighted by Crippen LogP contribution is 2.77. The highest BCUT2D eigenvalue weighted by Gasteiger charge is 2.88. The quantitative estimate of drug-likeness (QED) is 0.495. The molecule has 1 saturated carbocycles. The molecule has 0 radical (unpaired) electrons. The minimum absolute atomic E-state index is 0.437. The summed E-state index contributed by atoms with van der Waals surface area (Å²) >= 11 is 0. The smallest absolute Gasteiger partial charge is 0.328 e. The molecule has 0 unspecified atom stereocenters. The number of nitriles is 3. The van der Waals surface area contributed by atoms with Gasteiger partial charge in [-0.05, 0) is 5.56 Å². The first kappa shape index (κ1) is 16.7. The Balaban J connectivity index is 2.34. The number of hydrogen-bond donors (Lipinski definition) is 3. The van der Waals surface area contributed by atoms with Crippen molar-refractivity contribution in [3.63, 3.8) is 0 Å². The molecule has 1 aliphatic carbocycles. The number of imide groups is 2. The molecule has 2 aliphatic rings. The number of nitrogens with zero attached hydrogens (tertiary/aromatic N) is 3. The standard InChI is InChI=1S/C17H10N6O3/c18-6-10(7-19)12(21)16(8-20)11(9-4-2-1-3-5-9)17(16)13(24)22-15(26)23-14(17)25/h1-5,11H,21H2,(H2,22,23,24,25,26)/t11-,16-/m1/s1. The first-order valence-electron chi connectivity index (χ1n) is 7.35. The number of rotatable bonds is 2. The summed E-state index contributed by atoms with van der Waals surface area (Å²) in [6, 6.07) is 12.2. The molecule has 1 aromatic carbocycles. The van der Waals surface area contributed by atoms with Crippen molar-refractivity contribution in [2.24, 2.45) is 16.6 Å². The van der Waals surface area contributed by atoms with Crippen molar-refractivity contribution in [1.29, 1.82) is 15.8 Å². The number of nitrogens with two attached hydrogens (primary N) is 1. The Bertz CT molecular complexity index is 972. The fourth-order valence-electron chi connectivity index (χ4n) is 3.70. The molecule has 26 heavy (non-hydrogen) atoms. The van der Waals surface area contributed by atoms with Gasteiger partial charge in [0.05, 0.1) is 11.8 Å². The minimum atomic E-state index is -2.06. The highest BCUT2D eigenvalue weighted by atomic mass is 16.2. The maximum absolute atomic E-state index is 12.7. The number of carbonyl (C=O) groups excluding carboxylic acids is 3. The maximum atomic E-state index is 12.7. The lowest BCUT2D eigenvalue weighted by molar-refractivity contribution is -0.139. The van der Waals surface area contributed by atoms with Crippen molar-refractivity contribution in [3.05, 3.63) is 47.2 Å². The fourth-order valence-corrected chi connectivity index (χ4v) is 3.70. The van der Waals surface area contributed by atoms with Crippen LogP contribution in [0.5, 0.6) is 0 Å². The topological polar surface area (TPSA) is 173 Å². The normalized spacial score (nSPS) is 25.1. The van der Waals surface area contributed by atoms with Crippen LogP contribution in [-0.4, -0.2) is 17.8 Å². The average Bonchev–Trinajstić information content (AvgIpc) is 3.27. The van der Waals surface area contributed by atoms with Crippen molar-refractivity contribution in [2.75, 3.05) is 0 Å². The molecule has 1 saturated heterocycles. The Labute approximate surface area is 147 Å². The predicted octanol–water partition coefficient (Wildman–Crippen LogP) is -0.0939. The SMILES string of the molecule is N#CC(C#N)=C(N)[C@@]1(C#N)[C@@H](c2ccccc2)C12C(=O)NC(=O)NC2=O. The van der Waals surface area contributed by atoms with E-state index in [1.54, 1.807) is 42.5 Å². The van der Waals surface area contributed by atoms with Crippen LogP contribution < -0.4 is 16.4 Å². The average molecular weight is 346 g/mol. The molecule has 9 nitrogen and oxygen atoms in total. The van der Waals surface area contributed by atoms with E-state index in [9.17, 15) is 19.6 Å². The van der Waals surface area contributed by atoms with Gasteiger partial charge in [-0.1, -0.05) is 30.3 Å². The number of carbonyl (C=O) groups is 3. The van der Waals surface area contributed by atoms with Crippen LogP contribution in [-0.2, 0) is 9.59 Å². The van der Waals surface area contributed by atoms with Gasteiger partial charge in [0.25, 0.3) is 0 Å². The molecule has 1 spiro atoms. The van der Waals surface area contributed by atoms with Gasteiger partial charge in [-0.25, -0.2) is 4.79 Å². The van der Waals surface area contributed by atoms with Crippen molar-refractivity contribution in [1.82, 2.24) is 10.6 Å². The Morgan fingerprint density at radius 3 is 2.00 bits per heavy atom. The molecule has 1 aromatic rings. The van der Waals surface area contributed by atoms with Crippen LogP contribution in [0.1, 0.15) is 11.5 Å². The molecule has 0 aromatic heterocycles. The van der Waals surface area contributed by atoms with Crippen LogP contribution in [0, 0.1) is 44.8 Å². The summed E-state index contributed by atoms with van der Waals surface area (Å²) in [7, 11) is 0. The second kappa shape index (κ2) is 5.44. The molecule has 1 aliphatic heterocycles. The summed E-state index contributed by atoms with van der Waals surface area (Å²) in [6.45, 7) is 0. The Hall–Kier alpha value is -4.16. The number of benzene rings is 1. The molecule has 0 bridgehead atoms. The monoisotopic (exact) mass is 346 g/mol. The zero-order chi connectivity index (χ0) is 19.1. The van der Waals surface area contributed by atoms with Gasteiger partial charge in [0, 0.05) is 5.92 Å². The van der Waals surface area contributed by atoms with E-state index >= 15 is 0 Å². The van der Waals surface area contributed by atoms with Gasteiger partial charge >= 0.3 is 6.03 Å². The summed E-state index contributed by atoms with van der Waals surface area (Å²) < 4.78 is 0. The maximum Gasteiger partial charge on any atom is 0.328 e. The number of hydrogen-bond acceptors (Lipinski definition) is 7. The van der Waals surface area contributed by atoms with Crippen LogP contribution in [0.2, 0.25) is 0 Å². The largest absolute Gasteiger partial charge is 0.399 e. The van der Waals surface area contributed by atoms with E-state index in [-0.39, 0.29) is 0 Å². The summed E-state index contributed by atoms with van der Waals surface area (Å²) in [5, 5.41) is 32.1. The van der Waals surface area contributed by atoms with Crippen molar-refractivity contribution < 1.29 is 14.4 Å². The lowest BCUT2D eigenvalue weighted by Crippen LogP contribution is -2.59. The lowest BCUT2D eigenvalue weighted by atomic mass is 9.86. The zero-order valence-corrected chi connectivity index (χ0v) is 13.1. The molecule has 2 fully saturated rings. The van der Waals surface area contributed by atoms with Gasteiger partial charge in [0.2, 0.25) is 11.8 Å². The van der Waals surface area contributed by atoms with Crippen LogP contribution in [0.15, 0.2) is 41.6 Å². The molecule has 4 amide bonds. The van der Waals surface area contributed by atoms with E-state index in [1.807, 2.05) is 16.7 Å². The summed E-state index contributed by atoms with van der Waals surface area (Å²) in [5.74, 6) is -3.06. The van der Waals surface area contributed by atoms with E-state index in [0.717, 1.165) is 0 Å². The van der Waals surface area contributed by atoms with E-state index in [4.69, 9.17) is 16.3 Å². The molecule has 1 heterocycles. The van der Waals surface area contributed by atoms with Crippen molar-refractivity contribution in [3.8, 4) is 18.2 Å². The Morgan fingerprint density at radius 2 is 1.54 bits per heavy atom. The molecule has 4 N–H and O–H groups in total. The van der Waals surface area contributed by atoms with Gasteiger partial charge in [0.1, 0.15) is 23.1 Å². The van der Waals surface area contributed by atoms with Gasteiger partial charge in [0.15, 0.2) is 5.41 Å². The van der Waals surface area contributed by atoms with Crippen molar-refractivity contribution >= 4 is 17.8 Å². The van der Waals surface area contributed by atoms with Gasteiger partial charge in [-0.3, -0.25) is 20.2 Å². The number of barbiturate groups is 1. The third-order valence-electron chi connectivity index (χ3n) is 4.80. The van der Waals surface area contributed by atoms with Crippen LogP contribution in [0.4, 0.5) is 4.79 Å². The molecule has 2 atom stereocenters.